The molecule has 2 unspecified atom stereocenters. The molecule has 2 fully saturated rings. The molecule has 4 heteroatoms. The Labute approximate surface area is 117 Å². The highest BCUT2D eigenvalue weighted by molar-refractivity contribution is 5.75. The normalized spacial score (nSPS) is 29.4. The number of rotatable bonds is 5. The van der Waals surface area contributed by atoms with Crippen molar-refractivity contribution < 1.29 is 4.79 Å². The largest absolute Gasteiger partial charge is 0.369 e. The van der Waals surface area contributed by atoms with Crippen molar-refractivity contribution >= 4 is 5.91 Å². The maximum Gasteiger partial charge on any atom is 0.231 e. The van der Waals surface area contributed by atoms with E-state index in [1.807, 2.05) is 0 Å². The van der Waals surface area contributed by atoms with Gasteiger partial charge in [-0.15, -0.1) is 0 Å². The second-order valence-electron chi connectivity index (χ2n) is 7.66. The zero-order valence-corrected chi connectivity index (χ0v) is 12.6. The Morgan fingerprint density at radius 1 is 1.26 bits per heavy atom. The Hall–Kier alpha value is -0.610. The number of primary amides is 1. The van der Waals surface area contributed by atoms with E-state index in [-0.39, 0.29) is 5.91 Å². The van der Waals surface area contributed by atoms with Crippen molar-refractivity contribution in [3.8, 4) is 0 Å². The van der Waals surface area contributed by atoms with Gasteiger partial charge >= 0.3 is 0 Å². The zero-order valence-electron chi connectivity index (χ0n) is 12.6. The van der Waals surface area contributed by atoms with Crippen molar-refractivity contribution in [1.29, 1.82) is 0 Å². The van der Waals surface area contributed by atoms with Gasteiger partial charge in [-0.25, -0.2) is 0 Å². The first-order chi connectivity index (χ1) is 8.82. The van der Waals surface area contributed by atoms with Crippen molar-refractivity contribution in [3.05, 3.63) is 0 Å². The molecule has 0 aromatic carbocycles. The molecule has 2 aliphatic rings. The molecule has 0 aromatic heterocycles. The summed E-state index contributed by atoms with van der Waals surface area (Å²) in [6.07, 6.45) is 5.08. The van der Waals surface area contributed by atoms with E-state index in [0.29, 0.717) is 23.9 Å². The fraction of sp³-hybridized carbons (Fsp3) is 0.933. The summed E-state index contributed by atoms with van der Waals surface area (Å²) < 4.78 is 0. The highest BCUT2D eigenvalue weighted by atomic mass is 16.1. The SMILES string of the molecule is CC(C)(C)CC1CC(NC2CC2)CN(CC(N)=O)C1. The Morgan fingerprint density at radius 2 is 1.95 bits per heavy atom. The van der Waals surface area contributed by atoms with E-state index in [1.54, 1.807) is 0 Å². The first-order valence-corrected chi connectivity index (χ1v) is 7.58. The number of nitrogens with zero attached hydrogens (tertiary/aromatic N) is 1. The molecular weight excluding hydrogens is 238 g/mol. The number of carbonyl (C=O) groups is 1. The molecule has 1 aliphatic heterocycles. The van der Waals surface area contributed by atoms with E-state index in [2.05, 4.69) is 31.0 Å². The van der Waals surface area contributed by atoms with E-state index in [1.165, 1.54) is 25.7 Å². The van der Waals surface area contributed by atoms with Crippen molar-refractivity contribution in [2.45, 2.75) is 58.5 Å². The van der Waals surface area contributed by atoms with E-state index >= 15 is 0 Å². The van der Waals surface area contributed by atoms with Crippen LogP contribution in [0, 0.1) is 11.3 Å². The first kappa shape index (κ1) is 14.8. The number of hydrogen-bond acceptors (Lipinski definition) is 3. The standard InChI is InChI=1S/C15H29N3O/c1-15(2,3)7-11-6-13(17-12-4-5-12)9-18(8-11)10-14(16)19/h11-13,17H,4-10H2,1-3H3,(H2,16,19). The van der Waals surface area contributed by atoms with Gasteiger partial charge in [-0.05, 0) is 37.0 Å². The molecule has 1 heterocycles. The van der Waals surface area contributed by atoms with Gasteiger partial charge in [-0.3, -0.25) is 9.69 Å². The number of carbonyl (C=O) groups excluding carboxylic acids is 1. The summed E-state index contributed by atoms with van der Waals surface area (Å²) in [6.45, 7) is 9.28. The first-order valence-electron chi connectivity index (χ1n) is 7.58. The highest BCUT2D eigenvalue weighted by Crippen LogP contribution is 2.31. The molecule has 0 radical (unpaired) electrons. The van der Waals surface area contributed by atoms with Crippen LogP contribution in [-0.4, -0.2) is 42.5 Å². The molecule has 110 valence electrons. The summed E-state index contributed by atoms with van der Waals surface area (Å²) in [7, 11) is 0. The maximum absolute atomic E-state index is 11.2. The second kappa shape index (κ2) is 5.80. The third-order valence-electron chi connectivity index (χ3n) is 3.94. The average Bonchev–Trinajstić information content (AvgIpc) is 2.96. The number of amides is 1. The molecule has 19 heavy (non-hydrogen) atoms. The zero-order chi connectivity index (χ0) is 14.0. The van der Waals surface area contributed by atoms with Crippen molar-refractivity contribution in [2.75, 3.05) is 19.6 Å². The van der Waals surface area contributed by atoms with E-state index in [0.717, 1.165) is 19.1 Å². The monoisotopic (exact) mass is 267 g/mol. The lowest BCUT2D eigenvalue weighted by Gasteiger charge is -2.40. The lowest BCUT2D eigenvalue weighted by atomic mass is 9.80. The lowest BCUT2D eigenvalue weighted by Crippen LogP contribution is -2.52. The van der Waals surface area contributed by atoms with Crippen molar-refractivity contribution in [3.63, 3.8) is 0 Å². The lowest BCUT2D eigenvalue weighted by molar-refractivity contribution is -0.119. The van der Waals surface area contributed by atoms with Crippen LogP contribution in [0.1, 0.15) is 46.5 Å². The van der Waals surface area contributed by atoms with Crippen LogP contribution in [0.25, 0.3) is 0 Å². The predicted molar refractivity (Wildman–Crippen MR) is 77.8 cm³/mol. The smallest absolute Gasteiger partial charge is 0.231 e. The maximum atomic E-state index is 11.2. The van der Waals surface area contributed by atoms with Crippen molar-refractivity contribution in [1.82, 2.24) is 10.2 Å². The minimum absolute atomic E-state index is 0.207. The predicted octanol–water partition coefficient (Wildman–Crippen LogP) is 1.35. The molecule has 1 amide bonds. The van der Waals surface area contributed by atoms with Gasteiger partial charge in [0.05, 0.1) is 6.54 Å². The Bertz CT molecular complexity index is 320. The minimum Gasteiger partial charge on any atom is -0.369 e. The second-order valence-corrected chi connectivity index (χ2v) is 7.66. The molecular formula is C15H29N3O. The van der Waals surface area contributed by atoms with E-state index in [9.17, 15) is 4.79 Å². The molecule has 0 bridgehead atoms. The summed E-state index contributed by atoms with van der Waals surface area (Å²) >= 11 is 0. The van der Waals surface area contributed by atoms with Gasteiger partial charge in [0.15, 0.2) is 0 Å². The topological polar surface area (TPSA) is 58.4 Å². The van der Waals surface area contributed by atoms with Crippen LogP contribution in [0.5, 0.6) is 0 Å². The molecule has 1 saturated heterocycles. The van der Waals surface area contributed by atoms with Gasteiger partial charge in [0.25, 0.3) is 0 Å². The third-order valence-corrected chi connectivity index (χ3v) is 3.94. The molecule has 2 rings (SSSR count). The fourth-order valence-corrected chi connectivity index (χ4v) is 3.37. The molecule has 0 aromatic rings. The number of nitrogens with one attached hydrogen (secondary N) is 1. The molecule has 0 spiro atoms. The van der Waals surface area contributed by atoms with Crippen LogP contribution in [0.4, 0.5) is 0 Å². The molecule has 2 atom stereocenters. The van der Waals surface area contributed by atoms with Crippen LogP contribution in [0.3, 0.4) is 0 Å². The van der Waals surface area contributed by atoms with Gasteiger partial charge in [-0.2, -0.15) is 0 Å². The molecule has 1 aliphatic carbocycles. The number of nitrogens with two attached hydrogens (primary N) is 1. The number of hydrogen-bond donors (Lipinski definition) is 2. The van der Waals surface area contributed by atoms with Gasteiger partial charge in [0, 0.05) is 25.2 Å². The molecule has 4 nitrogen and oxygen atoms in total. The van der Waals surface area contributed by atoms with E-state index in [4.69, 9.17) is 5.73 Å². The summed E-state index contributed by atoms with van der Waals surface area (Å²) in [5.41, 5.74) is 5.71. The summed E-state index contributed by atoms with van der Waals surface area (Å²) in [4.78, 5) is 13.4. The minimum atomic E-state index is -0.207. The van der Waals surface area contributed by atoms with Crippen LogP contribution in [0.15, 0.2) is 0 Å². The van der Waals surface area contributed by atoms with Gasteiger partial charge in [0.1, 0.15) is 0 Å². The Kier molecular flexibility index (Phi) is 4.51. The quantitative estimate of drug-likeness (QED) is 0.790. The van der Waals surface area contributed by atoms with Gasteiger partial charge < -0.3 is 11.1 Å². The van der Waals surface area contributed by atoms with Crippen LogP contribution >= 0.6 is 0 Å². The van der Waals surface area contributed by atoms with E-state index < -0.39 is 0 Å². The summed E-state index contributed by atoms with van der Waals surface area (Å²) in [6, 6.07) is 1.27. The number of piperidine rings is 1. The Balaban J connectivity index is 1.91. The average molecular weight is 267 g/mol. The van der Waals surface area contributed by atoms with Crippen LogP contribution in [-0.2, 0) is 4.79 Å². The molecule has 3 N–H and O–H groups in total. The highest BCUT2D eigenvalue weighted by Gasteiger charge is 2.33. The van der Waals surface area contributed by atoms with Gasteiger partial charge in [0.2, 0.25) is 5.91 Å². The third kappa shape index (κ3) is 5.49. The van der Waals surface area contributed by atoms with Gasteiger partial charge in [-0.1, -0.05) is 20.8 Å². The van der Waals surface area contributed by atoms with Crippen LogP contribution in [0.2, 0.25) is 0 Å². The Morgan fingerprint density at radius 3 is 2.47 bits per heavy atom. The van der Waals surface area contributed by atoms with Crippen LogP contribution < -0.4 is 11.1 Å². The molecule has 1 saturated carbocycles. The summed E-state index contributed by atoms with van der Waals surface area (Å²) in [5, 5.41) is 3.72. The van der Waals surface area contributed by atoms with Crippen molar-refractivity contribution in [2.24, 2.45) is 17.1 Å². The number of likely N-dealkylation sites (tertiary alicyclic amines) is 1. The summed E-state index contributed by atoms with van der Waals surface area (Å²) in [5.74, 6) is 0.464. The fourth-order valence-electron chi connectivity index (χ4n) is 3.37.